The van der Waals surface area contributed by atoms with Crippen molar-refractivity contribution >= 4 is 5.69 Å². The summed E-state index contributed by atoms with van der Waals surface area (Å²) in [5.41, 5.74) is 0.631. The number of rotatable bonds is 7. The van der Waals surface area contributed by atoms with E-state index in [4.69, 9.17) is 4.52 Å². The van der Waals surface area contributed by atoms with Crippen LogP contribution in [0, 0.1) is 10.1 Å². The molecule has 1 aromatic carbocycles. The number of hydrogen-bond acceptors (Lipinski definition) is 7. The SMILES string of the molecule is O=[N+]([O-])c1ccc(C(O)CNCCc2ncno2)cc1. The third-order valence-corrected chi connectivity index (χ3v) is 2.75. The van der Waals surface area contributed by atoms with Crippen molar-refractivity contribution in [3.05, 3.63) is 52.2 Å². The summed E-state index contributed by atoms with van der Waals surface area (Å²) in [5.74, 6) is 0.530. The van der Waals surface area contributed by atoms with E-state index in [0.717, 1.165) is 0 Å². The minimum atomic E-state index is -0.724. The van der Waals surface area contributed by atoms with E-state index in [1.54, 1.807) is 12.1 Å². The zero-order valence-corrected chi connectivity index (χ0v) is 10.6. The lowest BCUT2D eigenvalue weighted by atomic mass is 10.1. The highest BCUT2D eigenvalue weighted by atomic mass is 16.6. The predicted octanol–water partition coefficient (Wildman–Crippen LogP) is 0.844. The van der Waals surface area contributed by atoms with E-state index in [1.807, 2.05) is 0 Å². The van der Waals surface area contributed by atoms with Gasteiger partial charge >= 0.3 is 0 Å². The third kappa shape index (κ3) is 3.84. The second-order valence-corrected chi connectivity index (χ2v) is 4.15. The van der Waals surface area contributed by atoms with Crippen LogP contribution in [0.2, 0.25) is 0 Å². The van der Waals surface area contributed by atoms with Crippen LogP contribution in [-0.4, -0.2) is 33.3 Å². The fourth-order valence-corrected chi connectivity index (χ4v) is 1.68. The average Bonchev–Trinajstić information content (AvgIpc) is 2.96. The van der Waals surface area contributed by atoms with E-state index in [9.17, 15) is 15.2 Å². The van der Waals surface area contributed by atoms with Gasteiger partial charge in [-0.05, 0) is 17.7 Å². The van der Waals surface area contributed by atoms with E-state index < -0.39 is 11.0 Å². The quantitative estimate of drug-likeness (QED) is 0.438. The van der Waals surface area contributed by atoms with Gasteiger partial charge in [-0.25, -0.2) is 0 Å². The Labute approximate surface area is 114 Å². The molecule has 0 bridgehead atoms. The molecule has 0 fully saturated rings. The summed E-state index contributed by atoms with van der Waals surface area (Å²) in [6, 6.07) is 5.83. The van der Waals surface area contributed by atoms with Crippen LogP contribution in [0.5, 0.6) is 0 Å². The van der Waals surface area contributed by atoms with Gasteiger partial charge < -0.3 is 14.9 Å². The van der Waals surface area contributed by atoms with Gasteiger partial charge in [0, 0.05) is 31.6 Å². The minimum Gasteiger partial charge on any atom is -0.387 e. The van der Waals surface area contributed by atoms with Gasteiger partial charge in [0.2, 0.25) is 5.89 Å². The third-order valence-electron chi connectivity index (χ3n) is 2.75. The van der Waals surface area contributed by atoms with Gasteiger partial charge in [-0.3, -0.25) is 10.1 Å². The van der Waals surface area contributed by atoms with Crippen molar-refractivity contribution in [2.24, 2.45) is 0 Å². The van der Waals surface area contributed by atoms with Gasteiger partial charge in [0.05, 0.1) is 11.0 Å². The van der Waals surface area contributed by atoms with Crippen molar-refractivity contribution in [2.45, 2.75) is 12.5 Å². The van der Waals surface area contributed by atoms with Crippen LogP contribution < -0.4 is 5.32 Å². The molecule has 0 saturated carbocycles. The molecule has 2 rings (SSSR count). The van der Waals surface area contributed by atoms with Crippen LogP contribution in [0.4, 0.5) is 5.69 Å². The number of aliphatic hydroxyl groups excluding tert-OH is 1. The van der Waals surface area contributed by atoms with Gasteiger partial charge in [0.1, 0.15) is 0 Å². The molecule has 1 unspecified atom stereocenters. The summed E-state index contributed by atoms with van der Waals surface area (Å²) in [7, 11) is 0. The molecule has 8 heteroatoms. The smallest absolute Gasteiger partial charge is 0.269 e. The maximum Gasteiger partial charge on any atom is 0.269 e. The zero-order valence-electron chi connectivity index (χ0n) is 10.6. The molecule has 2 N–H and O–H groups in total. The van der Waals surface area contributed by atoms with Gasteiger partial charge in [-0.15, -0.1) is 0 Å². The summed E-state index contributed by atoms with van der Waals surface area (Å²) in [6.07, 6.45) is 1.19. The Hall–Kier alpha value is -2.32. The fraction of sp³-hybridized carbons (Fsp3) is 0.333. The van der Waals surface area contributed by atoms with Gasteiger partial charge in [-0.1, -0.05) is 5.16 Å². The second kappa shape index (κ2) is 6.73. The number of non-ortho nitro benzene ring substituents is 1. The van der Waals surface area contributed by atoms with Crippen molar-refractivity contribution in [2.75, 3.05) is 13.1 Å². The molecule has 0 saturated heterocycles. The van der Waals surface area contributed by atoms with Gasteiger partial charge in [0.25, 0.3) is 5.69 Å². The molecule has 1 atom stereocenters. The Morgan fingerprint density at radius 2 is 2.15 bits per heavy atom. The number of hydrogen-bond donors (Lipinski definition) is 2. The van der Waals surface area contributed by atoms with E-state index in [-0.39, 0.29) is 5.69 Å². The highest BCUT2D eigenvalue weighted by molar-refractivity contribution is 5.33. The number of benzene rings is 1. The van der Waals surface area contributed by atoms with Crippen molar-refractivity contribution in [3.63, 3.8) is 0 Å². The first kappa shape index (κ1) is 14.1. The van der Waals surface area contributed by atoms with Crippen molar-refractivity contribution in [1.82, 2.24) is 15.5 Å². The van der Waals surface area contributed by atoms with Crippen molar-refractivity contribution in [1.29, 1.82) is 0 Å². The van der Waals surface area contributed by atoms with E-state index in [1.165, 1.54) is 18.5 Å². The normalized spacial score (nSPS) is 12.2. The van der Waals surface area contributed by atoms with Gasteiger partial charge in [0.15, 0.2) is 6.33 Å². The monoisotopic (exact) mass is 278 g/mol. The molecule has 1 aromatic heterocycles. The summed E-state index contributed by atoms with van der Waals surface area (Å²) < 4.78 is 4.83. The predicted molar refractivity (Wildman–Crippen MR) is 68.9 cm³/mol. The minimum absolute atomic E-state index is 0.00491. The van der Waals surface area contributed by atoms with E-state index >= 15 is 0 Å². The molecule has 0 aliphatic heterocycles. The number of nitro benzene ring substituents is 1. The van der Waals surface area contributed by atoms with Crippen LogP contribution in [-0.2, 0) is 6.42 Å². The lowest BCUT2D eigenvalue weighted by molar-refractivity contribution is -0.384. The first-order valence-corrected chi connectivity index (χ1v) is 6.05. The summed E-state index contributed by atoms with van der Waals surface area (Å²) in [5, 5.41) is 27.0. The molecule has 0 aliphatic carbocycles. The summed E-state index contributed by atoms with van der Waals surface area (Å²) >= 11 is 0. The Bertz CT molecular complexity index is 541. The topological polar surface area (TPSA) is 114 Å². The lowest BCUT2D eigenvalue weighted by Gasteiger charge is -2.11. The number of nitrogens with one attached hydrogen (secondary N) is 1. The first-order chi connectivity index (χ1) is 9.66. The molecule has 20 heavy (non-hydrogen) atoms. The number of aromatic nitrogens is 2. The number of aliphatic hydroxyl groups is 1. The van der Waals surface area contributed by atoms with Crippen LogP contribution >= 0.6 is 0 Å². The molecule has 2 aromatic rings. The Kier molecular flexibility index (Phi) is 4.75. The molecule has 106 valence electrons. The molecule has 0 aliphatic rings. The summed E-state index contributed by atoms with van der Waals surface area (Å²) in [6.45, 7) is 0.929. The largest absolute Gasteiger partial charge is 0.387 e. The lowest BCUT2D eigenvalue weighted by Crippen LogP contribution is -2.23. The standard InChI is InChI=1S/C12H14N4O4/c17-11(7-13-6-5-12-14-8-15-20-12)9-1-3-10(4-2-9)16(18)19/h1-4,8,11,13,17H,5-7H2. The van der Waals surface area contributed by atoms with Crippen molar-refractivity contribution < 1.29 is 14.6 Å². The molecular weight excluding hydrogens is 264 g/mol. The Morgan fingerprint density at radius 3 is 2.75 bits per heavy atom. The molecule has 0 spiro atoms. The molecular formula is C12H14N4O4. The summed E-state index contributed by atoms with van der Waals surface area (Å²) in [4.78, 5) is 13.9. The van der Waals surface area contributed by atoms with Crippen LogP contribution in [0.3, 0.4) is 0 Å². The van der Waals surface area contributed by atoms with Crippen LogP contribution in [0.1, 0.15) is 17.6 Å². The maximum atomic E-state index is 10.5. The zero-order chi connectivity index (χ0) is 14.4. The number of nitrogens with zero attached hydrogens (tertiary/aromatic N) is 3. The number of nitro groups is 1. The van der Waals surface area contributed by atoms with Crippen LogP contribution in [0.25, 0.3) is 0 Å². The molecule has 8 nitrogen and oxygen atoms in total. The average molecular weight is 278 g/mol. The highest BCUT2D eigenvalue weighted by Gasteiger charge is 2.10. The molecule has 0 radical (unpaired) electrons. The van der Waals surface area contributed by atoms with Gasteiger partial charge in [-0.2, -0.15) is 4.98 Å². The van der Waals surface area contributed by atoms with E-state index in [0.29, 0.717) is 31.0 Å². The second-order valence-electron chi connectivity index (χ2n) is 4.15. The van der Waals surface area contributed by atoms with Crippen LogP contribution in [0.15, 0.2) is 35.1 Å². The Morgan fingerprint density at radius 1 is 1.40 bits per heavy atom. The first-order valence-electron chi connectivity index (χ1n) is 6.05. The Balaban J connectivity index is 1.76. The molecule has 0 amide bonds. The molecule has 1 heterocycles. The maximum absolute atomic E-state index is 10.5. The van der Waals surface area contributed by atoms with E-state index in [2.05, 4.69) is 15.5 Å². The van der Waals surface area contributed by atoms with Crippen molar-refractivity contribution in [3.8, 4) is 0 Å². The highest BCUT2D eigenvalue weighted by Crippen LogP contribution is 2.17. The fourth-order valence-electron chi connectivity index (χ4n) is 1.68.